The van der Waals surface area contributed by atoms with Gasteiger partial charge in [0, 0.05) is 23.5 Å². The number of hydrogen-bond donors (Lipinski definition) is 3. The number of carbonyl (C=O) groups is 1. The molecule has 0 saturated carbocycles. The van der Waals surface area contributed by atoms with E-state index < -0.39 is 4.92 Å². The number of nitrogens with one attached hydrogen (secondary N) is 1. The van der Waals surface area contributed by atoms with E-state index in [1.54, 1.807) is 37.3 Å². The summed E-state index contributed by atoms with van der Waals surface area (Å²) in [7, 11) is 0. The number of fused-ring (bicyclic) bond motifs is 1. The van der Waals surface area contributed by atoms with Gasteiger partial charge in [-0.1, -0.05) is 48.5 Å². The van der Waals surface area contributed by atoms with Crippen LogP contribution >= 0.6 is 0 Å². The molecular weight excluding hydrogens is 394 g/mol. The molecule has 0 aliphatic carbocycles. The molecular formula is C24H21N3O4. The number of nitro benzene ring substituents is 1. The molecule has 0 aliphatic rings. The van der Waals surface area contributed by atoms with Gasteiger partial charge in [0.25, 0.3) is 11.6 Å². The Hall–Kier alpha value is -4.39. The van der Waals surface area contributed by atoms with Gasteiger partial charge >= 0.3 is 0 Å². The molecule has 4 aromatic rings. The number of para-hydroxylation sites is 1. The molecule has 31 heavy (non-hydrogen) atoms. The number of phenols is 1. The molecule has 0 fully saturated rings. The van der Waals surface area contributed by atoms with E-state index in [1.165, 1.54) is 12.1 Å². The van der Waals surface area contributed by atoms with Crippen molar-refractivity contribution in [2.24, 2.45) is 0 Å². The van der Waals surface area contributed by atoms with Gasteiger partial charge in [-0.2, -0.15) is 0 Å². The van der Waals surface area contributed by atoms with Crippen LogP contribution in [0.5, 0.6) is 5.75 Å². The Balaban J connectivity index is 0.000000210. The number of rotatable bonds is 3. The second-order valence-electron chi connectivity index (χ2n) is 6.83. The highest BCUT2D eigenvalue weighted by Crippen LogP contribution is 2.25. The van der Waals surface area contributed by atoms with Crippen LogP contribution in [-0.2, 0) is 0 Å². The van der Waals surface area contributed by atoms with Crippen LogP contribution in [0.4, 0.5) is 17.1 Å². The molecule has 0 unspecified atom stereocenters. The topological polar surface area (TPSA) is 118 Å². The van der Waals surface area contributed by atoms with Crippen molar-refractivity contribution in [3.63, 3.8) is 0 Å². The first kappa shape index (κ1) is 21.3. The molecule has 0 heterocycles. The molecule has 0 aromatic heterocycles. The maximum Gasteiger partial charge on any atom is 0.271 e. The minimum absolute atomic E-state index is 0.0165. The lowest BCUT2D eigenvalue weighted by atomic mass is 10.1. The van der Waals surface area contributed by atoms with Crippen LogP contribution in [0, 0.1) is 17.0 Å². The summed E-state index contributed by atoms with van der Waals surface area (Å²) in [5.74, 6) is -0.336. The van der Waals surface area contributed by atoms with E-state index in [1.807, 2.05) is 42.5 Å². The monoisotopic (exact) mass is 415 g/mol. The lowest BCUT2D eigenvalue weighted by molar-refractivity contribution is -0.384. The van der Waals surface area contributed by atoms with E-state index in [2.05, 4.69) is 5.32 Å². The number of nitrogen functional groups attached to an aromatic ring is 1. The van der Waals surface area contributed by atoms with E-state index in [-0.39, 0.29) is 22.9 Å². The second-order valence-corrected chi connectivity index (χ2v) is 6.83. The third-order valence-corrected chi connectivity index (χ3v) is 4.61. The number of nitrogens with two attached hydrogens (primary N) is 1. The zero-order chi connectivity index (χ0) is 22.4. The Kier molecular flexibility index (Phi) is 6.47. The molecule has 7 heteroatoms. The number of aryl methyl sites for hydroxylation is 1. The van der Waals surface area contributed by atoms with Crippen LogP contribution in [0.15, 0.2) is 84.9 Å². The largest absolute Gasteiger partial charge is 0.507 e. The van der Waals surface area contributed by atoms with Crippen molar-refractivity contribution in [2.45, 2.75) is 6.92 Å². The van der Waals surface area contributed by atoms with Crippen LogP contribution in [0.25, 0.3) is 10.8 Å². The van der Waals surface area contributed by atoms with Crippen molar-refractivity contribution in [2.75, 3.05) is 11.1 Å². The van der Waals surface area contributed by atoms with Crippen molar-refractivity contribution >= 4 is 33.7 Å². The van der Waals surface area contributed by atoms with Gasteiger partial charge in [-0.15, -0.1) is 0 Å². The smallest absolute Gasteiger partial charge is 0.271 e. The van der Waals surface area contributed by atoms with Crippen LogP contribution in [0.3, 0.4) is 0 Å². The molecule has 1 amide bonds. The lowest BCUT2D eigenvalue weighted by Gasteiger charge is -2.08. The fourth-order valence-corrected chi connectivity index (χ4v) is 2.87. The van der Waals surface area contributed by atoms with Gasteiger partial charge < -0.3 is 16.2 Å². The average molecular weight is 415 g/mol. The van der Waals surface area contributed by atoms with Crippen LogP contribution in [0.2, 0.25) is 0 Å². The molecule has 4 N–H and O–H groups in total. The third-order valence-electron chi connectivity index (χ3n) is 4.61. The fraction of sp³-hybridized carbons (Fsp3) is 0.0417. The molecule has 0 saturated heterocycles. The summed E-state index contributed by atoms with van der Waals surface area (Å²) in [6.45, 7) is 1.80. The summed E-state index contributed by atoms with van der Waals surface area (Å²) in [5, 5.41) is 24.8. The van der Waals surface area contributed by atoms with E-state index in [9.17, 15) is 20.0 Å². The maximum atomic E-state index is 12.2. The Morgan fingerprint density at radius 3 is 2.16 bits per heavy atom. The van der Waals surface area contributed by atoms with Crippen LogP contribution in [0.1, 0.15) is 15.9 Å². The predicted molar refractivity (Wildman–Crippen MR) is 122 cm³/mol. The number of benzene rings is 4. The summed E-state index contributed by atoms with van der Waals surface area (Å²) in [6, 6.07) is 24.5. The predicted octanol–water partition coefficient (Wildman–Crippen LogP) is 5.28. The van der Waals surface area contributed by atoms with Crippen molar-refractivity contribution in [3.05, 3.63) is 106 Å². The van der Waals surface area contributed by atoms with Crippen LogP contribution < -0.4 is 11.1 Å². The first-order chi connectivity index (χ1) is 14.8. The summed E-state index contributed by atoms with van der Waals surface area (Å²) in [5.41, 5.74) is 7.77. The number of hydrogen-bond acceptors (Lipinski definition) is 5. The van der Waals surface area contributed by atoms with Gasteiger partial charge in [0.1, 0.15) is 5.75 Å². The molecule has 0 bridgehead atoms. The minimum atomic E-state index is -0.462. The molecule has 4 aromatic carbocycles. The van der Waals surface area contributed by atoms with Gasteiger partial charge in [0.05, 0.1) is 10.5 Å². The zero-order valence-electron chi connectivity index (χ0n) is 16.8. The second kappa shape index (κ2) is 9.41. The number of aromatic hydroxyl groups is 1. The number of carbonyl (C=O) groups excluding carboxylic acids is 1. The number of amides is 1. The molecule has 156 valence electrons. The quantitative estimate of drug-likeness (QED) is 0.239. The summed E-state index contributed by atoms with van der Waals surface area (Å²) >= 11 is 0. The highest BCUT2D eigenvalue weighted by Gasteiger charge is 2.12. The van der Waals surface area contributed by atoms with Gasteiger partial charge in [0.2, 0.25) is 0 Å². The molecule has 0 atom stereocenters. The maximum absolute atomic E-state index is 12.2. The number of nitrogens with zero attached hydrogens (tertiary/aromatic N) is 1. The summed E-state index contributed by atoms with van der Waals surface area (Å²) in [4.78, 5) is 22.0. The normalized spacial score (nSPS) is 10.1. The highest BCUT2D eigenvalue weighted by atomic mass is 16.6. The fourth-order valence-electron chi connectivity index (χ4n) is 2.87. The number of anilines is 2. The van der Waals surface area contributed by atoms with Gasteiger partial charge in [-0.25, -0.2) is 0 Å². The van der Waals surface area contributed by atoms with Crippen molar-refractivity contribution in [1.82, 2.24) is 0 Å². The molecule has 4 rings (SSSR count). The molecule has 0 spiro atoms. The van der Waals surface area contributed by atoms with Gasteiger partial charge in [-0.3, -0.25) is 14.9 Å². The van der Waals surface area contributed by atoms with E-state index in [0.717, 1.165) is 16.3 Å². The Morgan fingerprint density at radius 1 is 0.935 bits per heavy atom. The Labute approximate surface area is 178 Å². The standard InChI is InChI=1S/C17H13NO2.C7H8N2O2/c19-16-11-13-7-5-4-6-12(13)10-15(16)17(20)18-14-8-2-1-3-9-14;1-5-2-3-6(9(10)11)4-7(5)8/h1-11,19H,(H,18,20);2-4H,8H2,1H3. The first-order valence-electron chi connectivity index (χ1n) is 9.44. The Morgan fingerprint density at radius 2 is 1.55 bits per heavy atom. The highest BCUT2D eigenvalue weighted by molar-refractivity contribution is 6.08. The third kappa shape index (κ3) is 5.36. The lowest BCUT2D eigenvalue weighted by Crippen LogP contribution is -2.11. The van der Waals surface area contributed by atoms with E-state index in [0.29, 0.717) is 11.4 Å². The SMILES string of the molecule is Cc1ccc([N+](=O)[O-])cc1N.O=C(Nc1ccccc1)c1cc2ccccc2cc1O. The summed E-state index contributed by atoms with van der Waals surface area (Å²) < 4.78 is 0. The zero-order valence-corrected chi connectivity index (χ0v) is 16.8. The van der Waals surface area contributed by atoms with E-state index in [4.69, 9.17) is 5.73 Å². The molecule has 0 aliphatic heterocycles. The van der Waals surface area contributed by atoms with Crippen LogP contribution in [-0.4, -0.2) is 15.9 Å². The average Bonchev–Trinajstić information content (AvgIpc) is 2.76. The van der Waals surface area contributed by atoms with Crippen molar-refractivity contribution < 1.29 is 14.8 Å². The Bertz CT molecular complexity index is 1240. The van der Waals surface area contributed by atoms with Gasteiger partial charge in [0.15, 0.2) is 0 Å². The molecule has 7 nitrogen and oxygen atoms in total. The number of phenolic OH excluding ortho intramolecular Hbond substituents is 1. The number of nitro groups is 1. The van der Waals surface area contributed by atoms with E-state index >= 15 is 0 Å². The minimum Gasteiger partial charge on any atom is -0.507 e. The first-order valence-corrected chi connectivity index (χ1v) is 9.44. The van der Waals surface area contributed by atoms with Crippen molar-refractivity contribution in [3.8, 4) is 5.75 Å². The molecule has 0 radical (unpaired) electrons. The van der Waals surface area contributed by atoms with Crippen molar-refractivity contribution in [1.29, 1.82) is 0 Å². The summed E-state index contributed by atoms with van der Waals surface area (Å²) in [6.07, 6.45) is 0. The number of non-ortho nitro benzene ring substituents is 1. The van der Waals surface area contributed by atoms with Gasteiger partial charge in [-0.05, 0) is 47.5 Å².